The number of fused-ring (bicyclic) bond motifs is 2. The summed E-state index contributed by atoms with van der Waals surface area (Å²) in [6.07, 6.45) is 2.58. The van der Waals surface area contributed by atoms with Gasteiger partial charge < -0.3 is 15.6 Å². The quantitative estimate of drug-likeness (QED) is 0.694. The smallest absolute Gasteiger partial charge is 0.228 e. The molecule has 4 rings (SSSR count). The molecule has 2 amide bonds. The number of aromatic nitrogens is 1. The van der Waals surface area contributed by atoms with E-state index in [9.17, 15) is 9.59 Å². The van der Waals surface area contributed by atoms with Crippen molar-refractivity contribution in [3.05, 3.63) is 59.3 Å². The maximum Gasteiger partial charge on any atom is 0.228 e. The van der Waals surface area contributed by atoms with Crippen molar-refractivity contribution >= 4 is 34.1 Å². The van der Waals surface area contributed by atoms with Gasteiger partial charge in [-0.1, -0.05) is 17.7 Å². The minimum Gasteiger partial charge on any atom is -0.361 e. The largest absolute Gasteiger partial charge is 0.361 e. The van der Waals surface area contributed by atoms with E-state index in [4.69, 9.17) is 0 Å². The molecule has 0 bridgehead atoms. The Hall–Kier alpha value is -3.08. The van der Waals surface area contributed by atoms with E-state index in [2.05, 4.69) is 21.7 Å². The lowest BCUT2D eigenvalue weighted by Gasteiger charge is -2.07. The fourth-order valence-electron chi connectivity index (χ4n) is 3.11. The van der Waals surface area contributed by atoms with Gasteiger partial charge in [0, 0.05) is 28.5 Å². The van der Waals surface area contributed by atoms with E-state index in [-0.39, 0.29) is 11.8 Å². The lowest BCUT2D eigenvalue weighted by Crippen LogP contribution is -2.14. The van der Waals surface area contributed by atoms with Crippen molar-refractivity contribution in [2.45, 2.75) is 19.8 Å². The van der Waals surface area contributed by atoms with Crippen molar-refractivity contribution in [3.63, 3.8) is 0 Å². The number of H-pyrrole nitrogens is 1. The van der Waals surface area contributed by atoms with Gasteiger partial charge in [-0.05, 0) is 42.3 Å². The van der Waals surface area contributed by atoms with Crippen molar-refractivity contribution in [3.8, 4) is 0 Å². The SMILES string of the molecule is Cc1ccc2[nH]cc(CC(=O)Nc3ccc4c(c3)NC(=O)C4)c2c1. The maximum absolute atomic E-state index is 12.4. The van der Waals surface area contributed by atoms with Gasteiger partial charge in [-0.2, -0.15) is 0 Å². The van der Waals surface area contributed by atoms with Crippen LogP contribution in [0.1, 0.15) is 16.7 Å². The van der Waals surface area contributed by atoms with Crippen molar-refractivity contribution in [1.82, 2.24) is 4.98 Å². The summed E-state index contributed by atoms with van der Waals surface area (Å²) < 4.78 is 0. The van der Waals surface area contributed by atoms with Gasteiger partial charge in [0.15, 0.2) is 0 Å². The fraction of sp³-hybridized carbons (Fsp3) is 0.158. The first-order valence-corrected chi connectivity index (χ1v) is 7.88. The molecular formula is C19H17N3O2. The highest BCUT2D eigenvalue weighted by atomic mass is 16.2. The first kappa shape index (κ1) is 14.5. The number of carbonyl (C=O) groups excluding carboxylic acids is 2. The number of rotatable bonds is 3. The zero-order valence-corrected chi connectivity index (χ0v) is 13.3. The van der Waals surface area contributed by atoms with Crippen molar-refractivity contribution < 1.29 is 9.59 Å². The molecule has 0 radical (unpaired) electrons. The zero-order valence-electron chi connectivity index (χ0n) is 13.3. The Bertz CT molecular complexity index is 972. The lowest BCUT2D eigenvalue weighted by molar-refractivity contribution is -0.116. The first-order chi connectivity index (χ1) is 11.6. The van der Waals surface area contributed by atoms with Crippen LogP contribution in [0.3, 0.4) is 0 Å². The molecule has 0 aliphatic carbocycles. The molecule has 2 aromatic carbocycles. The molecule has 0 saturated heterocycles. The van der Waals surface area contributed by atoms with Gasteiger partial charge in [0.2, 0.25) is 11.8 Å². The summed E-state index contributed by atoms with van der Waals surface area (Å²) in [5, 5.41) is 6.77. The predicted molar refractivity (Wildman–Crippen MR) is 94.1 cm³/mol. The monoisotopic (exact) mass is 319 g/mol. The summed E-state index contributed by atoms with van der Waals surface area (Å²) >= 11 is 0. The fourth-order valence-corrected chi connectivity index (χ4v) is 3.11. The third-order valence-corrected chi connectivity index (χ3v) is 4.29. The molecule has 1 aliphatic rings. The summed E-state index contributed by atoms with van der Waals surface area (Å²) in [6.45, 7) is 2.04. The van der Waals surface area contributed by atoms with E-state index in [0.717, 1.165) is 33.3 Å². The summed E-state index contributed by atoms with van der Waals surface area (Å²) in [6, 6.07) is 11.7. The molecule has 0 unspecified atom stereocenters. The normalized spacial score (nSPS) is 13.0. The molecule has 3 N–H and O–H groups in total. The molecule has 3 aromatic rings. The second kappa shape index (κ2) is 5.53. The highest BCUT2D eigenvalue weighted by Gasteiger charge is 2.18. The molecule has 0 fully saturated rings. The van der Waals surface area contributed by atoms with E-state index in [1.165, 1.54) is 0 Å². The van der Waals surface area contributed by atoms with Crippen molar-refractivity contribution in [1.29, 1.82) is 0 Å². The average molecular weight is 319 g/mol. The van der Waals surface area contributed by atoms with E-state index in [1.54, 1.807) is 6.07 Å². The third-order valence-electron chi connectivity index (χ3n) is 4.29. The third kappa shape index (κ3) is 2.65. The topological polar surface area (TPSA) is 74.0 Å². The number of hydrogen-bond acceptors (Lipinski definition) is 2. The van der Waals surface area contributed by atoms with E-state index >= 15 is 0 Å². The van der Waals surface area contributed by atoms with Gasteiger partial charge in [0.25, 0.3) is 0 Å². The molecular weight excluding hydrogens is 302 g/mol. The van der Waals surface area contributed by atoms with Crippen LogP contribution in [0.15, 0.2) is 42.6 Å². The predicted octanol–water partition coefficient (Wildman–Crippen LogP) is 3.15. The van der Waals surface area contributed by atoms with E-state index in [0.29, 0.717) is 18.5 Å². The van der Waals surface area contributed by atoms with Crippen molar-refractivity contribution in [2.24, 2.45) is 0 Å². The Labute approximate surface area is 139 Å². The van der Waals surface area contributed by atoms with Gasteiger partial charge in [-0.15, -0.1) is 0 Å². The molecule has 1 aromatic heterocycles. The van der Waals surface area contributed by atoms with E-state index < -0.39 is 0 Å². The number of aromatic amines is 1. The van der Waals surface area contributed by atoms with Crippen LogP contribution < -0.4 is 10.6 Å². The van der Waals surface area contributed by atoms with Crippen LogP contribution in [-0.4, -0.2) is 16.8 Å². The molecule has 0 atom stereocenters. The number of aryl methyl sites for hydroxylation is 1. The van der Waals surface area contributed by atoms with Crippen LogP contribution in [0.4, 0.5) is 11.4 Å². The summed E-state index contributed by atoms with van der Waals surface area (Å²) in [5.74, 6) is -0.0932. The number of benzene rings is 2. The first-order valence-electron chi connectivity index (χ1n) is 7.88. The van der Waals surface area contributed by atoms with Gasteiger partial charge in [0.05, 0.1) is 12.8 Å². The molecule has 0 saturated carbocycles. The molecule has 1 aliphatic heterocycles. The number of nitrogens with one attached hydrogen (secondary N) is 3. The average Bonchev–Trinajstić information content (AvgIpc) is 3.09. The van der Waals surface area contributed by atoms with Crippen molar-refractivity contribution in [2.75, 3.05) is 10.6 Å². The van der Waals surface area contributed by atoms with Crippen LogP contribution in [0, 0.1) is 6.92 Å². The highest BCUT2D eigenvalue weighted by Crippen LogP contribution is 2.26. The second-order valence-corrected chi connectivity index (χ2v) is 6.18. The Morgan fingerprint density at radius 1 is 1.21 bits per heavy atom. The van der Waals surface area contributed by atoms with Crippen LogP contribution in [0.25, 0.3) is 10.9 Å². The number of carbonyl (C=O) groups is 2. The van der Waals surface area contributed by atoms with Crippen LogP contribution in [-0.2, 0) is 22.4 Å². The number of hydrogen-bond donors (Lipinski definition) is 3. The van der Waals surface area contributed by atoms with Gasteiger partial charge in [-0.3, -0.25) is 9.59 Å². The van der Waals surface area contributed by atoms with Gasteiger partial charge in [0.1, 0.15) is 0 Å². The second-order valence-electron chi connectivity index (χ2n) is 6.18. The van der Waals surface area contributed by atoms with Gasteiger partial charge in [-0.25, -0.2) is 0 Å². The zero-order chi connectivity index (χ0) is 16.7. The Balaban J connectivity index is 1.51. The lowest BCUT2D eigenvalue weighted by atomic mass is 10.1. The summed E-state index contributed by atoms with van der Waals surface area (Å²) in [7, 11) is 0. The van der Waals surface area contributed by atoms with E-state index in [1.807, 2.05) is 37.4 Å². The molecule has 5 heteroatoms. The molecule has 2 heterocycles. The molecule has 5 nitrogen and oxygen atoms in total. The highest BCUT2D eigenvalue weighted by molar-refractivity contribution is 6.01. The summed E-state index contributed by atoms with van der Waals surface area (Å²) in [5.41, 5.74) is 5.60. The molecule has 0 spiro atoms. The van der Waals surface area contributed by atoms with Crippen LogP contribution >= 0.6 is 0 Å². The molecule has 24 heavy (non-hydrogen) atoms. The maximum atomic E-state index is 12.4. The Morgan fingerprint density at radius 3 is 2.96 bits per heavy atom. The molecule has 120 valence electrons. The minimum atomic E-state index is -0.0818. The van der Waals surface area contributed by atoms with Crippen LogP contribution in [0.5, 0.6) is 0 Å². The Morgan fingerprint density at radius 2 is 2.08 bits per heavy atom. The standard InChI is InChI=1S/C19H17N3O2/c1-11-2-5-16-15(6-11)13(10-20-16)8-18(23)21-14-4-3-12-7-19(24)22-17(12)9-14/h2-6,9-10,20H,7-8H2,1H3,(H,21,23)(H,22,24). The van der Waals surface area contributed by atoms with Gasteiger partial charge >= 0.3 is 0 Å². The minimum absolute atomic E-state index is 0.0114. The Kier molecular flexibility index (Phi) is 3.34. The number of amides is 2. The van der Waals surface area contributed by atoms with Crippen LogP contribution in [0.2, 0.25) is 0 Å². The summed E-state index contributed by atoms with van der Waals surface area (Å²) in [4.78, 5) is 27.0. The number of anilines is 2.